The SMILES string of the molecule is CN(C(=O)COC(=O)CSc1ccccc1Cl)C1CCS(=O)(=O)C1. The fraction of sp³-hybridized carbons (Fsp3) is 0.467. The number of hydrogen-bond donors (Lipinski definition) is 0. The summed E-state index contributed by atoms with van der Waals surface area (Å²) in [5.41, 5.74) is 0. The Bertz CT molecular complexity index is 722. The number of esters is 1. The molecule has 1 fully saturated rings. The van der Waals surface area contributed by atoms with Crippen molar-refractivity contribution in [1.82, 2.24) is 4.90 Å². The minimum absolute atomic E-state index is 0.0362. The fourth-order valence-electron chi connectivity index (χ4n) is 2.27. The van der Waals surface area contributed by atoms with Crippen LogP contribution in [-0.4, -0.2) is 62.1 Å². The van der Waals surface area contributed by atoms with E-state index >= 15 is 0 Å². The molecule has 1 aliphatic rings. The van der Waals surface area contributed by atoms with Gasteiger partial charge in [-0.3, -0.25) is 9.59 Å². The first-order chi connectivity index (χ1) is 11.3. The summed E-state index contributed by atoms with van der Waals surface area (Å²) in [7, 11) is -1.54. The molecule has 0 N–H and O–H groups in total. The molecule has 6 nitrogen and oxygen atoms in total. The van der Waals surface area contributed by atoms with Gasteiger partial charge in [0.25, 0.3) is 5.91 Å². The Morgan fingerprint density at radius 2 is 2.08 bits per heavy atom. The minimum Gasteiger partial charge on any atom is -0.455 e. The topological polar surface area (TPSA) is 80.8 Å². The van der Waals surface area contributed by atoms with Gasteiger partial charge in [-0.05, 0) is 18.6 Å². The van der Waals surface area contributed by atoms with Crippen molar-refractivity contribution in [3.05, 3.63) is 29.3 Å². The van der Waals surface area contributed by atoms with Gasteiger partial charge in [0.1, 0.15) is 0 Å². The molecule has 0 bridgehead atoms. The maximum absolute atomic E-state index is 12.0. The second-order valence-corrected chi connectivity index (χ2v) is 9.09. The zero-order valence-corrected chi connectivity index (χ0v) is 15.5. The number of ether oxygens (including phenoxy) is 1. The van der Waals surface area contributed by atoms with E-state index in [1.165, 1.54) is 23.7 Å². The Morgan fingerprint density at radius 1 is 1.38 bits per heavy atom. The van der Waals surface area contributed by atoms with Crippen molar-refractivity contribution >= 4 is 45.1 Å². The Balaban J connectivity index is 1.75. The lowest BCUT2D eigenvalue weighted by molar-refractivity contribution is -0.150. The first kappa shape index (κ1) is 19.1. The van der Waals surface area contributed by atoms with Crippen LogP contribution in [0.5, 0.6) is 0 Å². The van der Waals surface area contributed by atoms with Crippen molar-refractivity contribution in [2.45, 2.75) is 17.4 Å². The molecule has 0 radical (unpaired) electrons. The van der Waals surface area contributed by atoms with Crippen LogP contribution in [0.3, 0.4) is 0 Å². The summed E-state index contributed by atoms with van der Waals surface area (Å²) in [6.45, 7) is -0.394. The Kier molecular flexibility index (Phi) is 6.54. The average Bonchev–Trinajstić information content (AvgIpc) is 2.91. The lowest BCUT2D eigenvalue weighted by Gasteiger charge is -2.23. The van der Waals surface area contributed by atoms with Crippen LogP contribution in [-0.2, 0) is 24.2 Å². The molecule has 132 valence electrons. The number of thioether (sulfide) groups is 1. The Labute approximate surface area is 150 Å². The molecule has 0 saturated carbocycles. The largest absolute Gasteiger partial charge is 0.455 e. The summed E-state index contributed by atoms with van der Waals surface area (Å²) in [5, 5.41) is 0.550. The van der Waals surface area contributed by atoms with Crippen molar-refractivity contribution in [2.75, 3.05) is 30.9 Å². The lowest BCUT2D eigenvalue weighted by atomic mass is 10.2. The first-order valence-corrected chi connectivity index (χ1v) is 10.5. The standard InChI is InChI=1S/C15H18ClNO5S2/c1-17(11-6-7-24(20,21)10-11)14(18)8-22-15(19)9-23-13-5-3-2-4-12(13)16/h2-5,11H,6-10H2,1H3. The summed E-state index contributed by atoms with van der Waals surface area (Å²) in [6, 6.07) is 6.78. The van der Waals surface area contributed by atoms with Gasteiger partial charge in [-0.2, -0.15) is 0 Å². The van der Waals surface area contributed by atoms with Gasteiger partial charge in [-0.15, -0.1) is 11.8 Å². The summed E-state index contributed by atoms with van der Waals surface area (Å²) in [5.74, 6) is -0.845. The summed E-state index contributed by atoms with van der Waals surface area (Å²) in [6.07, 6.45) is 0.418. The van der Waals surface area contributed by atoms with Gasteiger partial charge in [0.15, 0.2) is 16.4 Å². The van der Waals surface area contributed by atoms with Crippen molar-refractivity contribution < 1.29 is 22.7 Å². The molecular formula is C15H18ClNO5S2. The third-order valence-electron chi connectivity index (χ3n) is 3.69. The van der Waals surface area contributed by atoms with Crippen LogP contribution >= 0.6 is 23.4 Å². The highest BCUT2D eigenvalue weighted by Gasteiger charge is 2.32. The monoisotopic (exact) mass is 391 g/mol. The molecule has 1 aliphatic heterocycles. The van der Waals surface area contributed by atoms with Crippen molar-refractivity contribution in [3.8, 4) is 0 Å². The molecule has 2 rings (SSSR count). The molecule has 1 saturated heterocycles. The molecule has 1 amide bonds. The normalized spacial score (nSPS) is 19.0. The molecule has 24 heavy (non-hydrogen) atoms. The predicted octanol–water partition coefficient (Wildman–Crippen LogP) is 1.62. The van der Waals surface area contributed by atoms with Gasteiger partial charge in [0.05, 0.1) is 22.3 Å². The molecule has 9 heteroatoms. The molecule has 1 unspecified atom stereocenters. The van der Waals surface area contributed by atoms with E-state index in [4.69, 9.17) is 16.3 Å². The molecule has 0 aromatic heterocycles. The summed E-state index contributed by atoms with van der Waals surface area (Å²) in [4.78, 5) is 25.8. The van der Waals surface area contributed by atoms with Gasteiger partial charge < -0.3 is 9.64 Å². The van der Waals surface area contributed by atoms with E-state index < -0.39 is 28.3 Å². The van der Waals surface area contributed by atoms with E-state index in [2.05, 4.69) is 0 Å². The summed E-state index contributed by atoms with van der Waals surface area (Å²) < 4.78 is 27.8. The van der Waals surface area contributed by atoms with Crippen LogP contribution in [0.15, 0.2) is 29.2 Å². The van der Waals surface area contributed by atoms with Gasteiger partial charge in [0, 0.05) is 18.0 Å². The number of hydrogen-bond acceptors (Lipinski definition) is 6. The van der Waals surface area contributed by atoms with Gasteiger partial charge in [0.2, 0.25) is 0 Å². The third-order valence-corrected chi connectivity index (χ3v) is 6.93. The van der Waals surface area contributed by atoms with Crippen LogP contribution in [0.25, 0.3) is 0 Å². The number of amides is 1. The second-order valence-electron chi connectivity index (χ2n) is 5.44. The van der Waals surface area contributed by atoms with Crippen LogP contribution in [0.4, 0.5) is 0 Å². The number of carbonyl (C=O) groups is 2. The van der Waals surface area contributed by atoms with Crippen molar-refractivity contribution in [2.24, 2.45) is 0 Å². The van der Waals surface area contributed by atoms with E-state index in [1.54, 1.807) is 18.2 Å². The third kappa shape index (κ3) is 5.39. The lowest BCUT2D eigenvalue weighted by Crippen LogP contribution is -2.40. The predicted molar refractivity (Wildman–Crippen MR) is 93.0 cm³/mol. The smallest absolute Gasteiger partial charge is 0.316 e. The maximum atomic E-state index is 12.0. The fourth-order valence-corrected chi connectivity index (χ4v) is 5.08. The number of nitrogens with zero attached hydrogens (tertiary/aromatic N) is 1. The average molecular weight is 392 g/mol. The van der Waals surface area contributed by atoms with Crippen LogP contribution in [0, 0.1) is 0 Å². The minimum atomic E-state index is -3.07. The van der Waals surface area contributed by atoms with Gasteiger partial charge >= 0.3 is 5.97 Å². The van der Waals surface area contributed by atoms with E-state index in [0.717, 1.165) is 4.90 Å². The zero-order valence-electron chi connectivity index (χ0n) is 13.1. The molecule has 1 aromatic carbocycles. The van der Waals surface area contributed by atoms with Crippen LogP contribution in [0.1, 0.15) is 6.42 Å². The molecule has 1 heterocycles. The number of likely N-dealkylation sites (N-methyl/N-ethyl adjacent to an activating group) is 1. The van der Waals surface area contributed by atoms with Gasteiger partial charge in [-0.25, -0.2) is 8.42 Å². The van der Waals surface area contributed by atoms with E-state index in [-0.39, 0.29) is 23.3 Å². The van der Waals surface area contributed by atoms with E-state index in [1.807, 2.05) is 6.07 Å². The maximum Gasteiger partial charge on any atom is 0.316 e. The highest BCUT2D eigenvalue weighted by Crippen LogP contribution is 2.26. The quantitative estimate of drug-likeness (QED) is 0.541. The number of carbonyl (C=O) groups excluding carboxylic acids is 2. The molecular weight excluding hydrogens is 374 g/mol. The van der Waals surface area contributed by atoms with Crippen LogP contribution < -0.4 is 0 Å². The Hall–Kier alpha value is -1.25. The summed E-state index contributed by atoms with van der Waals surface area (Å²) >= 11 is 7.22. The molecule has 0 aliphatic carbocycles. The van der Waals surface area contributed by atoms with E-state index in [0.29, 0.717) is 11.4 Å². The van der Waals surface area contributed by atoms with Crippen molar-refractivity contribution in [1.29, 1.82) is 0 Å². The number of rotatable bonds is 6. The Morgan fingerprint density at radius 3 is 2.71 bits per heavy atom. The molecule has 1 aromatic rings. The van der Waals surface area contributed by atoms with Gasteiger partial charge in [-0.1, -0.05) is 23.7 Å². The zero-order chi connectivity index (χ0) is 17.7. The van der Waals surface area contributed by atoms with Crippen LogP contribution in [0.2, 0.25) is 5.02 Å². The molecule has 0 spiro atoms. The highest BCUT2D eigenvalue weighted by atomic mass is 35.5. The number of halogens is 1. The highest BCUT2D eigenvalue weighted by molar-refractivity contribution is 8.00. The number of benzene rings is 1. The van der Waals surface area contributed by atoms with Crippen molar-refractivity contribution in [3.63, 3.8) is 0 Å². The number of sulfone groups is 1. The van der Waals surface area contributed by atoms with E-state index in [9.17, 15) is 18.0 Å². The second kappa shape index (κ2) is 8.22. The molecule has 1 atom stereocenters. The first-order valence-electron chi connectivity index (χ1n) is 7.27.